The van der Waals surface area contributed by atoms with Gasteiger partial charge >= 0.3 is 6.09 Å². The number of hydrogen-bond acceptors (Lipinski definition) is 4. The summed E-state index contributed by atoms with van der Waals surface area (Å²) >= 11 is 0. The number of pyridine rings is 1. The molecule has 4 N–H and O–H groups in total. The average Bonchev–Trinajstić information content (AvgIpc) is 2.61. The Kier molecular flexibility index (Phi) is 7.27. The second-order valence-corrected chi connectivity index (χ2v) is 7.00. The molecule has 1 amide bonds. The molecule has 2 atom stereocenters. The molecule has 0 bridgehead atoms. The first-order chi connectivity index (χ1) is 12.8. The molecule has 1 aromatic carbocycles. The Hall–Kier alpha value is -2.51. The first kappa shape index (κ1) is 20.8. The second kappa shape index (κ2) is 9.43. The molecule has 7 heteroatoms. The van der Waals surface area contributed by atoms with E-state index in [1.54, 1.807) is 12.3 Å². The third-order valence-electron chi connectivity index (χ3n) is 4.24. The Morgan fingerprint density at radius 2 is 1.93 bits per heavy atom. The van der Waals surface area contributed by atoms with Gasteiger partial charge in [-0.1, -0.05) is 30.3 Å². The average molecular weight is 375 g/mol. The quantitative estimate of drug-likeness (QED) is 0.541. The number of carbonyl (C=O) groups is 1. The van der Waals surface area contributed by atoms with Crippen molar-refractivity contribution in [2.45, 2.75) is 44.6 Å². The maximum absolute atomic E-state index is 14.0. The van der Waals surface area contributed by atoms with Crippen LogP contribution in [0.15, 0.2) is 48.8 Å². The smallest absolute Gasteiger partial charge is 0.404 e. The number of alkyl halides is 1. The largest absolute Gasteiger partial charge is 0.465 e. The van der Waals surface area contributed by atoms with Gasteiger partial charge in [0, 0.05) is 31.0 Å². The van der Waals surface area contributed by atoms with E-state index < -0.39 is 23.9 Å². The molecule has 6 nitrogen and oxygen atoms in total. The number of halogens is 1. The number of aliphatic hydroxyl groups is 1. The van der Waals surface area contributed by atoms with E-state index in [2.05, 4.69) is 15.6 Å². The van der Waals surface area contributed by atoms with Crippen LogP contribution in [0, 0.1) is 0 Å². The topological polar surface area (TPSA) is 94.5 Å². The van der Waals surface area contributed by atoms with Gasteiger partial charge in [0.05, 0.1) is 12.1 Å². The SMILES string of the molecule is CC(C)(F)c1cncc(CNC[C@@H](O)[C@H](Cc2ccccc2)NC(=O)O)c1. The van der Waals surface area contributed by atoms with Crippen LogP contribution < -0.4 is 10.6 Å². The van der Waals surface area contributed by atoms with Crippen LogP contribution in [-0.4, -0.2) is 40.0 Å². The van der Waals surface area contributed by atoms with E-state index in [0.29, 0.717) is 18.5 Å². The number of carboxylic acid groups (broad SMARTS) is 1. The van der Waals surface area contributed by atoms with Crippen molar-refractivity contribution in [3.05, 3.63) is 65.5 Å². The van der Waals surface area contributed by atoms with Crippen LogP contribution in [0.1, 0.15) is 30.5 Å². The summed E-state index contributed by atoms with van der Waals surface area (Å²) in [6, 6.07) is 10.4. The highest BCUT2D eigenvalue weighted by Gasteiger charge is 2.22. The fourth-order valence-electron chi connectivity index (χ4n) is 2.73. The molecule has 0 unspecified atom stereocenters. The lowest BCUT2D eigenvalue weighted by atomic mass is 10.0. The Balaban J connectivity index is 1.93. The van der Waals surface area contributed by atoms with Gasteiger partial charge < -0.3 is 20.8 Å². The Morgan fingerprint density at radius 3 is 2.56 bits per heavy atom. The summed E-state index contributed by atoms with van der Waals surface area (Å²) < 4.78 is 14.0. The summed E-state index contributed by atoms with van der Waals surface area (Å²) in [6.45, 7) is 3.51. The molecule has 2 aromatic rings. The summed E-state index contributed by atoms with van der Waals surface area (Å²) in [5.41, 5.74) is 0.722. The van der Waals surface area contributed by atoms with Crippen LogP contribution in [0.2, 0.25) is 0 Å². The first-order valence-corrected chi connectivity index (χ1v) is 8.81. The molecule has 0 aliphatic rings. The minimum Gasteiger partial charge on any atom is -0.465 e. The molecule has 146 valence electrons. The van der Waals surface area contributed by atoms with Crippen LogP contribution >= 0.6 is 0 Å². The number of nitrogens with one attached hydrogen (secondary N) is 2. The van der Waals surface area contributed by atoms with Crippen molar-refractivity contribution in [3.8, 4) is 0 Å². The van der Waals surface area contributed by atoms with Gasteiger partial charge in [0.2, 0.25) is 0 Å². The predicted octanol–water partition coefficient (Wildman–Crippen LogP) is 2.62. The van der Waals surface area contributed by atoms with E-state index in [9.17, 15) is 14.3 Å². The zero-order chi connectivity index (χ0) is 19.9. The van der Waals surface area contributed by atoms with Crippen LogP contribution in [0.4, 0.5) is 9.18 Å². The van der Waals surface area contributed by atoms with Gasteiger partial charge in [-0.15, -0.1) is 0 Å². The van der Waals surface area contributed by atoms with Crippen LogP contribution in [0.3, 0.4) is 0 Å². The summed E-state index contributed by atoms with van der Waals surface area (Å²) in [4.78, 5) is 15.1. The number of nitrogens with zero attached hydrogens (tertiary/aromatic N) is 1. The maximum Gasteiger partial charge on any atom is 0.404 e. The lowest BCUT2D eigenvalue weighted by Gasteiger charge is -2.23. The Bertz CT molecular complexity index is 735. The highest BCUT2D eigenvalue weighted by molar-refractivity contribution is 5.65. The summed E-state index contributed by atoms with van der Waals surface area (Å²) in [6.07, 6.45) is 1.40. The maximum atomic E-state index is 14.0. The van der Waals surface area contributed by atoms with E-state index in [1.165, 1.54) is 20.0 Å². The number of aliphatic hydroxyl groups excluding tert-OH is 1. The third-order valence-corrected chi connectivity index (χ3v) is 4.24. The van der Waals surface area contributed by atoms with Gasteiger partial charge in [0.1, 0.15) is 5.67 Å². The van der Waals surface area contributed by atoms with Crippen molar-refractivity contribution in [3.63, 3.8) is 0 Å². The van der Waals surface area contributed by atoms with Crippen molar-refractivity contribution in [2.24, 2.45) is 0 Å². The van der Waals surface area contributed by atoms with E-state index in [-0.39, 0.29) is 6.54 Å². The van der Waals surface area contributed by atoms with Crippen molar-refractivity contribution in [1.29, 1.82) is 0 Å². The Morgan fingerprint density at radius 1 is 1.22 bits per heavy atom. The summed E-state index contributed by atoms with van der Waals surface area (Å²) in [5, 5.41) is 24.9. The fraction of sp³-hybridized carbons (Fsp3) is 0.400. The molecule has 0 saturated heterocycles. The normalized spacial score (nSPS) is 13.8. The molecule has 1 heterocycles. The van der Waals surface area contributed by atoms with E-state index >= 15 is 0 Å². The highest BCUT2D eigenvalue weighted by Crippen LogP contribution is 2.24. The summed E-state index contributed by atoms with van der Waals surface area (Å²) in [5.74, 6) is 0. The van der Waals surface area contributed by atoms with Gasteiger partial charge in [-0.2, -0.15) is 0 Å². The van der Waals surface area contributed by atoms with Gasteiger partial charge in [0.15, 0.2) is 0 Å². The number of rotatable bonds is 9. The molecule has 0 fully saturated rings. The van der Waals surface area contributed by atoms with Gasteiger partial charge in [-0.25, -0.2) is 9.18 Å². The van der Waals surface area contributed by atoms with Gasteiger partial charge in [-0.05, 0) is 37.5 Å². The van der Waals surface area contributed by atoms with Gasteiger partial charge in [-0.3, -0.25) is 4.98 Å². The minimum atomic E-state index is -1.48. The number of benzene rings is 1. The van der Waals surface area contributed by atoms with Crippen LogP contribution in [0.25, 0.3) is 0 Å². The lowest BCUT2D eigenvalue weighted by Crippen LogP contribution is -2.48. The number of amides is 1. The zero-order valence-electron chi connectivity index (χ0n) is 15.5. The molecule has 2 rings (SSSR count). The predicted molar refractivity (Wildman–Crippen MR) is 101 cm³/mol. The second-order valence-electron chi connectivity index (χ2n) is 7.00. The monoisotopic (exact) mass is 375 g/mol. The first-order valence-electron chi connectivity index (χ1n) is 8.81. The number of hydrogen-bond donors (Lipinski definition) is 4. The van der Waals surface area contributed by atoms with Crippen LogP contribution in [-0.2, 0) is 18.6 Å². The Labute approximate surface area is 158 Å². The molecule has 0 spiro atoms. The lowest BCUT2D eigenvalue weighted by molar-refractivity contribution is 0.117. The van der Waals surface area contributed by atoms with E-state index in [0.717, 1.165) is 11.1 Å². The van der Waals surface area contributed by atoms with Crippen molar-refractivity contribution in [1.82, 2.24) is 15.6 Å². The summed E-state index contributed by atoms with van der Waals surface area (Å²) in [7, 11) is 0. The molecule has 0 saturated carbocycles. The molecule has 0 aliphatic carbocycles. The minimum absolute atomic E-state index is 0.182. The van der Waals surface area contributed by atoms with E-state index in [4.69, 9.17) is 5.11 Å². The third kappa shape index (κ3) is 6.96. The van der Waals surface area contributed by atoms with E-state index in [1.807, 2.05) is 30.3 Å². The van der Waals surface area contributed by atoms with Crippen LogP contribution in [0.5, 0.6) is 0 Å². The van der Waals surface area contributed by atoms with Crippen molar-refractivity contribution in [2.75, 3.05) is 6.54 Å². The molecule has 27 heavy (non-hydrogen) atoms. The number of aromatic nitrogens is 1. The van der Waals surface area contributed by atoms with Crippen molar-refractivity contribution >= 4 is 6.09 Å². The highest BCUT2D eigenvalue weighted by atomic mass is 19.1. The standard InChI is InChI=1S/C20H26FN3O3/c1-20(2,21)16-8-15(10-22-12-16)11-23-13-18(25)17(24-19(26)27)9-14-6-4-3-5-7-14/h3-8,10,12,17-18,23-25H,9,11,13H2,1-2H3,(H,26,27)/t17-,18+/m0/s1. The molecule has 0 aliphatic heterocycles. The zero-order valence-corrected chi connectivity index (χ0v) is 15.5. The molecular formula is C20H26FN3O3. The van der Waals surface area contributed by atoms with Crippen molar-refractivity contribution < 1.29 is 19.4 Å². The molecule has 0 radical (unpaired) electrons. The molecular weight excluding hydrogens is 349 g/mol. The fourth-order valence-corrected chi connectivity index (χ4v) is 2.73. The van der Waals surface area contributed by atoms with Gasteiger partial charge in [0.25, 0.3) is 0 Å². The molecule has 1 aromatic heterocycles.